The van der Waals surface area contributed by atoms with Crippen molar-refractivity contribution in [3.63, 3.8) is 0 Å². The van der Waals surface area contributed by atoms with E-state index in [-0.39, 0.29) is 17.9 Å². The van der Waals surface area contributed by atoms with Crippen LogP contribution in [0.3, 0.4) is 0 Å². The van der Waals surface area contributed by atoms with E-state index < -0.39 is 0 Å². The first-order chi connectivity index (χ1) is 12.6. The minimum absolute atomic E-state index is 0.0795. The van der Waals surface area contributed by atoms with Gasteiger partial charge in [0.25, 0.3) is 0 Å². The summed E-state index contributed by atoms with van der Waals surface area (Å²) in [5.74, 6) is 0.585. The zero-order valence-corrected chi connectivity index (χ0v) is 16.1. The van der Waals surface area contributed by atoms with Gasteiger partial charge in [0.05, 0.1) is 30.9 Å². The van der Waals surface area contributed by atoms with Crippen LogP contribution >= 0.6 is 11.3 Å². The molecule has 0 radical (unpaired) electrons. The molecule has 2 atom stereocenters. The summed E-state index contributed by atoms with van der Waals surface area (Å²) in [6, 6.07) is 8.78. The molecule has 5 nitrogen and oxygen atoms in total. The molecular formula is C20H25N3O2S. The minimum atomic E-state index is -0.0795. The number of thiazole rings is 1. The molecule has 0 saturated carbocycles. The monoisotopic (exact) mass is 371 g/mol. The maximum atomic E-state index is 12.1. The van der Waals surface area contributed by atoms with Gasteiger partial charge in [-0.3, -0.25) is 9.69 Å². The number of benzene rings is 1. The molecule has 2 aromatic rings. The van der Waals surface area contributed by atoms with Crippen LogP contribution in [0.15, 0.2) is 29.6 Å². The second-order valence-corrected chi connectivity index (χ2v) is 8.41. The van der Waals surface area contributed by atoms with Gasteiger partial charge in [0.15, 0.2) is 0 Å². The summed E-state index contributed by atoms with van der Waals surface area (Å²) >= 11 is 1.69. The number of hydrogen-bond acceptors (Lipinski definition) is 5. The third-order valence-electron chi connectivity index (χ3n) is 5.07. The normalized spacial score (nSPS) is 23.7. The summed E-state index contributed by atoms with van der Waals surface area (Å²) < 4.78 is 5.60. The summed E-state index contributed by atoms with van der Waals surface area (Å²) in [4.78, 5) is 19.3. The molecule has 138 valence electrons. The fraction of sp³-hybridized carbons (Fsp3) is 0.500. The standard InChI is InChI=1S/C20H25N3O2S/c1-13(2)14-3-5-15(6-4-14)20-22-18(12-26-20)9-23-7-16-10-25-11-17(8-23)21-19(16)24/h3-6,12-13,16-17H,7-11H2,1-2H3,(H,21,24). The fourth-order valence-electron chi connectivity index (χ4n) is 3.60. The van der Waals surface area contributed by atoms with Crippen molar-refractivity contribution >= 4 is 17.2 Å². The van der Waals surface area contributed by atoms with Crippen LogP contribution in [-0.2, 0) is 16.1 Å². The topological polar surface area (TPSA) is 54.5 Å². The first-order valence-electron chi connectivity index (χ1n) is 9.23. The van der Waals surface area contributed by atoms with E-state index in [2.05, 4.69) is 53.7 Å². The predicted octanol–water partition coefficient (Wildman–Crippen LogP) is 2.88. The van der Waals surface area contributed by atoms with E-state index in [9.17, 15) is 4.79 Å². The smallest absolute Gasteiger partial charge is 0.227 e. The van der Waals surface area contributed by atoms with Crippen molar-refractivity contribution in [1.82, 2.24) is 15.2 Å². The van der Waals surface area contributed by atoms with E-state index in [1.165, 1.54) is 11.1 Å². The zero-order valence-electron chi connectivity index (χ0n) is 15.3. The molecule has 2 saturated heterocycles. The molecule has 1 N–H and O–H groups in total. The average molecular weight is 372 g/mol. The number of aromatic nitrogens is 1. The van der Waals surface area contributed by atoms with Crippen molar-refractivity contribution < 1.29 is 9.53 Å². The number of hydrogen-bond donors (Lipinski definition) is 1. The van der Waals surface area contributed by atoms with E-state index in [1.807, 2.05) is 0 Å². The van der Waals surface area contributed by atoms with Crippen molar-refractivity contribution in [3.05, 3.63) is 40.9 Å². The van der Waals surface area contributed by atoms with Gasteiger partial charge in [0, 0.05) is 30.6 Å². The molecule has 2 bridgehead atoms. The maximum absolute atomic E-state index is 12.1. The quantitative estimate of drug-likeness (QED) is 0.898. The molecule has 1 amide bonds. The Bertz CT molecular complexity index is 772. The van der Waals surface area contributed by atoms with Gasteiger partial charge >= 0.3 is 0 Å². The van der Waals surface area contributed by atoms with Gasteiger partial charge in [-0.15, -0.1) is 11.3 Å². The SMILES string of the molecule is CC(C)c1ccc(-c2nc(CN3CC4COCC(C3)C(=O)N4)cs2)cc1. The molecule has 2 fully saturated rings. The highest BCUT2D eigenvalue weighted by molar-refractivity contribution is 7.13. The molecular weight excluding hydrogens is 346 g/mol. The second kappa shape index (κ2) is 7.47. The molecule has 2 unspecified atom stereocenters. The Kier molecular flexibility index (Phi) is 5.07. The fourth-order valence-corrected chi connectivity index (χ4v) is 4.42. The van der Waals surface area contributed by atoms with Gasteiger partial charge in [-0.1, -0.05) is 38.1 Å². The number of ether oxygens (including phenoxy) is 1. The lowest BCUT2D eigenvalue weighted by Crippen LogP contribution is -2.41. The van der Waals surface area contributed by atoms with Crippen LogP contribution in [0, 0.1) is 5.92 Å². The highest BCUT2D eigenvalue weighted by atomic mass is 32.1. The van der Waals surface area contributed by atoms with Crippen LogP contribution in [0.2, 0.25) is 0 Å². The van der Waals surface area contributed by atoms with E-state index in [1.54, 1.807) is 11.3 Å². The summed E-state index contributed by atoms with van der Waals surface area (Å²) in [7, 11) is 0. The number of nitrogens with zero attached hydrogens (tertiary/aromatic N) is 2. The van der Waals surface area contributed by atoms with Gasteiger partial charge < -0.3 is 10.1 Å². The van der Waals surface area contributed by atoms with Gasteiger partial charge in [0.1, 0.15) is 5.01 Å². The van der Waals surface area contributed by atoms with E-state index in [0.29, 0.717) is 19.1 Å². The van der Waals surface area contributed by atoms with Crippen LogP contribution in [0.25, 0.3) is 10.6 Å². The predicted molar refractivity (Wildman–Crippen MR) is 103 cm³/mol. The maximum Gasteiger partial charge on any atom is 0.227 e. The third kappa shape index (κ3) is 3.82. The lowest BCUT2D eigenvalue weighted by molar-refractivity contribution is -0.125. The van der Waals surface area contributed by atoms with Gasteiger partial charge in [-0.2, -0.15) is 0 Å². The van der Waals surface area contributed by atoms with Crippen molar-refractivity contribution in [2.75, 3.05) is 26.3 Å². The molecule has 3 heterocycles. The van der Waals surface area contributed by atoms with Crippen LogP contribution in [0.4, 0.5) is 0 Å². The van der Waals surface area contributed by atoms with Crippen molar-refractivity contribution in [2.45, 2.75) is 32.4 Å². The van der Waals surface area contributed by atoms with Crippen molar-refractivity contribution in [3.8, 4) is 10.6 Å². The Morgan fingerprint density at radius 3 is 2.85 bits per heavy atom. The lowest BCUT2D eigenvalue weighted by atomic mass is 10.0. The lowest BCUT2D eigenvalue weighted by Gasteiger charge is -2.26. The Hall–Kier alpha value is -1.76. The van der Waals surface area contributed by atoms with Crippen LogP contribution in [-0.4, -0.2) is 48.1 Å². The largest absolute Gasteiger partial charge is 0.378 e. The average Bonchev–Trinajstić information content (AvgIpc) is 2.93. The summed E-state index contributed by atoms with van der Waals surface area (Å²) in [5, 5.41) is 6.27. The Balaban J connectivity index is 1.46. The highest BCUT2D eigenvalue weighted by Gasteiger charge is 2.33. The molecule has 1 aromatic heterocycles. The van der Waals surface area contributed by atoms with Gasteiger partial charge in [-0.05, 0) is 11.5 Å². The first-order valence-corrected chi connectivity index (χ1v) is 10.1. The van der Waals surface area contributed by atoms with Crippen molar-refractivity contribution in [1.29, 1.82) is 0 Å². The molecule has 0 aliphatic carbocycles. The number of fused-ring (bicyclic) bond motifs is 3. The van der Waals surface area contributed by atoms with Crippen molar-refractivity contribution in [2.24, 2.45) is 5.92 Å². The Morgan fingerprint density at radius 1 is 1.27 bits per heavy atom. The molecule has 2 aliphatic heterocycles. The number of amides is 1. The number of rotatable bonds is 4. The minimum Gasteiger partial charge on any atom is -0.378 e. The van der Waals surface area contributed by atoms with E-state index >= 15 is 0 Å². The second-order valence-electron chi connectivity index (χ2n) is 7.55. The Labute approximate surface area is 158 Å². The number of carbonyl (C=O) groups is 1. The molecule has 0 spiro atoms. The summed E-state index contributed by atoms with van der Waals surface area (Å²) in [6.07, 6.45) is 0. The molecule has 4 rings (SSSR count). The van der Waals surface area contributed by atoms with Gasteiger partial charge in [0.2, 0.25) is 5.91 Å². The third-order valence-corrected chi connectivity index (χ3v) is 6.01. The zero-order chi connectivity index (χ0) is 18.1. The van der Waals surface area contributed by atoms with Crippen LogP contribution in [0.1, 0.15) is 31.0 Å². The molecule has 1 aromatic carbocycles. The molecule has 2 aliphatic rings. The molecule has 6 heteroatoms. The molecule has 26 heavy (non-hydrogen) atoms. The van der Waals surface area contributed by atoms with E-state index in [0.717, 1.165) is 30.3 Å². The number of carbonyl (C=O) groups excluding carboxylic acids is 1. The summed E-state index contributed by atoms with van der Waals surface area (Å²) in [6.45, 7) is 7.86. The van der Waals surface area contributed by atoms with E-state index in [4.69, 9.17) is 9.72 Å². The highest BCUT2D eigenvalue weighted by Crippen LogP contribution is 2.26. The number of nitrogens with one attached hydrogen (secondary N) is 1. The first kappa shape index (κ1) is 17.6. The Morgan fingerprint density at radius 2 is 2.08 bits per heavy atom. The summed E-state index contributed by atoms with van der Waals surface area (Å²) in [5.41, 5.74) is 3.59. The van der Waals surface area contributed by atoms with Gasteiger partial charge in [-0.25, -0.2) is 4.98 Å². The van der Waals surface area contributed by atoms with Crippen LogP contribution in [0.5, 0.6) is 0 Å². The van der Waals surface area contributed by atoms with Crippen LogP contribution < -0.4 is 5.32 Å².